The summed E-state index contributed by atoms with van der Waals surface area (Å²) in [6, 6.07) is 11.0. The van der Waals surface area contributed by atoms with Crippen molar-refractivity contribution in [3.8, 4) is 0 Å². The normalized spacial score (nSPS) is 9.70. The van der Waals surface area contributed by atoms with Crippen molar-refractivity contribution in [1.82, 2.24) is 0 Å². The smallest absolute Gasteiger partial charge is 0.0502 e. The van der Waals surface area contributed by atoms with Gasteiger partial charge in [-0.05, 0) is 18.1 Å². The molecule has 53 valence electrons. The van der Waals surface area contributed by atoms with Crippen molar-refractivity contribution in [3.63, 3.8) is 0 Å². The summed E-state index contributed by atoms with van der Waals surface area (Å²) >= 11 is 0. The first-order valence-electron chi connectivity index (χ1n) is 3.37. The third-order valence-electron chi connectivity index (χ3n) is 1.37. The Balaban J connectivity index is 2.43. The number of hydrogen-bond acceptors (Lipinski definition) is 1. The van der Waals surface area contributed by atoms with Gasteiger partial charge in [-0.3, -0.25) is 0 Å². The summed E-state index contributed by atoms with van der Waals surface area (Å²) in [7, 11) is 1.71. The van der Waals surface area contributed by atoms with Gasteiger partial charge in [0.1, 0.15) is 0 Å². The predicted octanol–water partition coefficient (Wildman–Crippen LogP) is 1.68. The highest BCUT2D eigenvalue weighted by molar-refractivity contribution is 5.13. The van der Waals surface area contributed by atoms with Crippen molar-refractivity contribution in [1.29, 1.82) is 0 Å². The molecule has 1 aromatic rings. The molecule has 0 heterocycles. The molecule has 0 aliphatic rings. The van der Waals surface area contributed by atoms with Crippen molar-refractivity contribution in [2.45, 2.75) is 6.42 Å². The third kappa shape index (κ3) is 2.19. The summed E-state index contributed by atoms with van der Waals surface area (Å²) in [6.45, 7) is 0.790. The zero-order valence-electron chi connectivity index (χ0n) is 6.13. The SMILES string of the molecule is COCCc1c[c]ccc1. The minimum absolute atomic E-state index is 0.790. The fraction of sp³-hybridized carbons (Fsp3) is 0.333. The van der Waals surface area contributed by atoms with E-state index in [1.165, 1.54) is 5.56 Å². The maximum atomic E-state index is 4.93. The largest absolute Gasteiger partial charge is 0.384 e. The van der Waals surface area contributed by atoms with E-state index >= 15 is 0 Å². The van der Waals surface area contributed by atoms with E-state index in [1.807, 2.05) is 18.2 Å². The number of hydrogen-bond donors (Lipinski definition) is 0. The van der Waals surface area contributed by atoms with Crippen molar-refractivity contribution >= 4 is 0 Å². The molecule has 0 atom stereocenters. The molecule has 1 rings (SSSR count). The molecule has 0 aliphatic heterocycles. The number of ether oxygens (including phenoxy) is 1. The highest BCUT2D eigenvalue weighted by atomic mass is 16.5. The van der Waals surface area contributed by atoms with E-state index < -0.39 is 0 Å². The maximum Gasteiger partial charge on any atom is 0.0502 e. The lowest BCUT2D eigenvalue weighted by Gasteiger charge is -1.97. The third-order valence-corrected chi connectivity index (χ3v) is 1.37. The van der Waals surface area contributed by atoms with Crippen LogP contribution in [-0.4, -0.2) is 13.7 Å². The average molecular weight is 135 g/mol. The number of methoxy groups -OCH3 is 1. The zero-order chi connectivity index (χ0) is 7.23. The first-order valence-corrected chi connectivity index (χ1v) is 3.37. The number of rotatable bonds is 3. The fourth-order valence-electron chi connectivity index (χ4n) is 0.806. The standard InChI is InChI=1S/C9H11O/c1-10-8-7-9-5-3-2-4-6-9/h2-3,5-6H,7-8H2,1H3. The molecule has 0 fully saturated rings. The summed E-state index contributed by atoms with van der Waals surface area (Å²) < 4.78 is 4.93. The Labute approximate surface area is 61.6 Å². The van der Waals surface area contributed by atoms with Gasteiger partial charge in [0.25, 0.3) is 0 Å². The Morgan fingerprint density at radius 1 is 1.60 bits per heavy atom. The Kier molecular flexibility index (Phi) is 2.97. The Morgan fingerprint density at radius 2 is 2.50 bits per heavy atom. The fourth-order valence-corrected chi connectivity index (χ4v) is 0.806. The topological polar surface area (TPSA) is 9.23 Å². The zero-order valence-corrected chi connectivity index (χ0v) is 6.13. The van der Waals surface area contributed by atoms with Crippen LogP contribution in [0.5, 0.6) is 0 Å². The van der Waals surface area contributed by atoms with Gasteiger partial charge in [-0.1, -0.05) is 24.3 Å². The van der Waals surface area contributed by atoms with Gasteiger partial charge >= 0.3 is 0 Å². The van der Waals surface area contributed by atoms with E-state index in [9.17, 15) is 0 Å². The highest BCUT2D eigenvalue weighted by Gasteiger charge is 1.87. The molecule has 10 heavy (non-hydrogen) atoms. The average Bonchev–Trinajstić information content (AvgIpc) is 2.03. The molecule has 0 spiro atoms. The second-order valence-electron chi connectivity index (χ2n) is 2.15. The first kappa shape index (κ1) is 7.29. The molecule has 1 nitrogen and oxygen atoms in total. The van der Waals surface area contributed by atoms with Crippen LogP contribution in [0.25, 0.3) is 0 Å². The molecule has 1 radical (unpaired) electrons. The van der Waals surface area contributed by atoms with E-state index in [-0.39, 0.29) is 0 Å². The summed E-state index contributed by atoms with van der Waals surface area (Å²) in [5.41, 5.74) is 1.28. The lowest BCUT2D eigenvalue weighted by atomic mass is 10.2. The Hall–Kier alpha value is -0.820. The van der Waals surface area contributed by atoms with Crippen LogP contribution in [0.3, 0.4) is 0 Å². The molecule has 0 amide bonds. The maximum absolute atomic E-state index is 4.93. The van der Waals surface area contributed by atoms with Crippen molar-refractivity contribution in [2.75, 3.05) is 13.7 Å². The molecule has 0 N–H and O–H groups in total. The van der Waals surface area contributed by atoms with Gasteiger partial charge in [-0.25, -0.2) is 0 Å². The minimum atomic E-state index is 0.790. The highest BCUT2D eigenvalue weighted by Crippen LogP contribution is 1.97. The lowest BCUT2D eigenvalue weighted by Crippen LogP contribution is -1.93. The van der Waals surface area contributed by atoms with Crippen LogP contribution in [0.2, 0.25) is 0 Å². The Morgan fingerprint density at radius 3 is 3.10 bits per heavy atom. The summed E-state index contributed by atoms with van der Waals surface area (Å²) in [5.74, 6) is 0. The van der Waals surface area contributed by atoms with Crippen molar-refractivity contribution in [3.05, 3.63) is 35.9 Å². The van der Waals surface area contributed by atoms with Crippen molar-refractivity contribution < 1.29 is 4.74 Å². The molecular weight excluding hydrogens is 124 g/mol. The lowest BCUT2D eigenvalue weighted by molar-refractivity contribution is 0.202. The van der Waals surface area contributed by atoms with Crippen LogP contribution in [0.15, 0.2) is 24.3 Å². The van der Waals surface area contributed by atoms with E-state index in [2.05, 4.69) is 12.1 Å². The van der Waals surface area contributed by atoms with Gasteiger partial charge in [0.15, 0.2) is 0 Å². The van der Waals surface area contributed by atoms with Gasteiger partial charge in [0.2, 0.25) is 0 Å². The molecule has 0 unspecified atom stereocenters. The molecule has 0 saturated carbocycles. The summed E-state index contributed by atoms with van der Waals surface area (Å²) in [5, 5.41) is 0. The van der Waals surface area contributed by atoms with Gasteiger partial charge in [0, 0.05) is 7.11 Å². The van der Waals surface area contributed by atoms with Crippen molar-refractivity contribution in [2.24, 2.45) is 0 Å². The molecule has 1 aromatic carbocycles. The van der Waals surface area contributed by atoms with E-state index in [0.717, 1.165) is 13.0 Å². The minimum Gasteiger partial charge on any atom is -0.384 e. The summed E-state index contributed by atoms with van der Waals surface area (Å²) in [4.78, 5) is 0. The van der Waals surface area contributed by atoms with Crippen LogP contribution in [0.4, 0.5) is 0 Å². The molecule has 0 bridgehead atoms. The molecular formula is C9H11O. The number of benzene rings is 1. The quantitative estimate of drug-likeness (QED) is 0.612. The van der Waals surface area contributed by atoms with Gasteiger partial charge in [-0.2, -0.15) is 0 Å². The van der Waals surface area contributed by atoms with Crippen LogP contribution >= 0.6 is 0 Å². The molecule has 0 saturated heterocycles. The van der Waals surface area contributed by atoms with E-state index in [4.69, 9.17) is 4.74 Å². The second kappa shape index (κ2) is 4.07. The van der Waals surface area contributed by atoms with Crippen LogP contribution in [-0.2, 0) is 11.2 Å². The van der Waals surface area contributed by atoms with Gasteiger partial charge in [-0.15, -0.1) is 0 Å². The molecule has 0 aliphatic carbocycles. The molecule has 0 aromatic heterocycles. The van der Waals surface area contributed by atoms with E-state index in [1.54, 1.807) is 7.11 Å². The summed E-state index contributed by atoms with van der Waals surface area (Å²) in [6.07, 6.45) is 0.980. The van der Waals surface area contributed by atoms with Crippen LogP contribution in [0.1, 0.15) is 5.56 Å². The molecule has 1 heteroatoms. The second-order valence-corrected chi connectivity index (χ2v) is 2.15. The van der Waals surface area contributed by atoms with E-state index in [0.29, 0.717) is 0 Å². The Bertz CT molecular complexity index is 169. The predicted molar refractivity (Wildman–Crippen MR) is 40.9 cm³/mol. The monoisotopic (exact) mass is 135 g/mol. The van der Waals surface area contributed by atoms with Gasteiger partial charge in [0.05, 0.1) is 6.61 Å². The van der Waals surface area contributed by atoms with Crippen LogP contribution < -0.4 is 0 Å². The first-order chi connectivity index (χ1) is 4.93. The van der Waals surface area contributed by atoms with Gasteiger partial charge < -0.3 is 4.74 Å². The van der Waals surface area contributed by atoms with Crippen LogP contribution in [0, 0.1) is 6.07 Å².